The Morgan fingerprint density at radius 3 is 2.75 bits per heavy atom. The van der Waals surface area contributed by atoms with E-state index in [1.165, 1.54) is 38.5 Å². The van der Waals surface area contributed by atoms with Crippen LogP contribution < -0.4 is 5.32 Å². The van der Waals surface area contributed by atoms with Crippen molar-refractivity contribution < 1.29 is 9.26 Å². The number of ether oxygens (including phenoxy) is 1. The van der Waals surface area contributed by atoms with E-state index in [1.54, 1.807) is 7.11 Å². The molecule has 1 aromatic rings. The Kier molecular flexibility index (Phi) is 4.36. The lowest BCUT2D eigenvalue weighted by Gasteiger charge is -2.32. The molecule has 0 spiro atoms. The number of aromatic nitrogens is 2. The fraction of sp³-hybridized carbons (Fsp3) is 0.867. The van der Waals surface area contributed by atoms with Crippen LogP contribution in [-0.2, 0) is 10.3 Å². The zero-order valence-corrected chi connectivity index (χ0v) is 12.4. The van der Waals surface area contributed by atoms with Crippen molar-refractivity contribution in [3.8, 4) is 0 Å². The number of nitrogens with zero attached hydrogens (tertiary/aromatic N) is 2. The molecule has 2 heterocycles. The zero-order chi connectivity index (χ0) is 13.8. The maximum atomic E-state index is 5.78. The van der Waals surface area contributed by atoms with E-state index in [2.05, 4.69) is 15.5 Å². The maximum absolute atomic E-state index is 5.78. The summed E-state index contributed by atoms with van der Waals surface area (Å²) in [6.07, 6.45) is 10.5. The third-order valence-corrected chi connectivity index (χ3v) is 4.76. The van der Waals surface area contributed by atoms with Crippen molar-refractivity contribution in [1.29, 1.82) is 0 Å². The van der Waals surface area contributed by atoms with Gasteiger partial charge in [0.1, 0.15) is 5.60 Å². The van der Waals surface area contributed by atoms with Crippen LogP contribution in [0.5, 0.6) is 0 Å². The lowest BCUT2D eigenvalue weighted by Crippen LogP contribution is -2.32. The second-order valence-corrected chi connectivity index (χ2v) is 6.07. The van der Waals surface area contributed by atoms with Gasteiger partial charge in [-0.25, -0.2) is 0 Å². The van der Waals surface area contributed by atoms with Crippen LogP contribution in [0.25, 0.3) is 0 Å². The van der Waals surface area contributed by atoms with Gasteiger partial charge in [-0.3, -0.25) is 0 Å². The molecule has 1 N–H and O–H groups in total. The molecule has 1 saturated carbocycles. The average Bonchev–Trinajstić information content (AvgIpc) is 2.85. The Bertz CT molecular complexity index is 419. The molecule has 0 radical (unpaired) electrons. The number of methoxy groups -OCH3 is 1. The fourth-order valence-electron chi connectivity index (χ4n) is 3.44. The standard InChI is InChI=1S/C15H25N3O2/c1-19-15(9-5-3-6-10-15)14-17-13(20-18-14)12-8-4-2-7-11-16-12/h12,16H,2-11H2,1H3. The third-order valence-electron chi connectivity index (χ3n) is 4.76. The zero-order valence-electron chi connectivity index (χ0n) is 12.4. The summed E-state index contributed by atoms with van der Waals surface area (Å²) in [6.45, 7) is 1.04. The monoisotopic (exact) mass is 279 g/mol. The van der Waals surface area contributed by atoms with Gasteiger partial charge in [-0.1, -0.05) is 37.3 Å². The van der Waals surface area contributed by atoms with Gasteiger partial charge in [0.25, 0.3) is 0 Å². The van der Waals surface area contributed by atoms with Crippen LogP contribution in [0.3, 0.4) is 0 Å². The Hall–Kier alpha value is -0.940. The molecule has 1 saturated heterocycles. The number of hydrogen-bond donors (Lipinski definition) is 1. The normalized spacial score (nSPS) is 27.1. The number of nitrogens with one attached hydrogen (secondary N) is 1. The first-order chi connectivity index (χ1) is 9.84. The molecule has 112 valence electrons. The molecule has 1 atom stereocenters. The smallest absolute Gasteiger partial charge is 0.243 e. The molecular weight excluding hydrogens is 254 g/mol. The molecule has 0 amide bonds. The predicted molar refractivity (Wildman–Crippen MR) is 75.3 cm³/mol. The van der Waals surface area contributed by atoms with Crippen LogP contribution in [0.2, 0.25) is 0 Å². The Balaban J connectivity index is 1.77. The number of hydrogen-bond acceptors (Lipinski definition) is 5. The molecule has 0 bridgehead atoms. The van der Waals surface area contributed by atoms with Gasteiger partial charge in [-0.2, -0.15) is 4.98 Å². The van der Waals surface area contributed by atoms with Crippen LogP contribution in [0, 0.1) is 0 Å². The van der Waals surface area contributed by atoms with Gasteiger partial charge < -0.3 is 14.6 Å². The minimum atomic E-state index is -0.315. The average molecular weight is 279 g/mol. The van der Waals surface area contributed by atoms with Crippen molar-refractivity contribution in [2.45, 2.75) is 69.4 Å². The van der Waals surface area contributed by atoms with Crippen molar-refractivity contribution in [1.82, 2.24) is 15.5 Å². The van der Waals surface area contributed by atoms with E-state index < -0.39 is 0 Å². The molecule has 1 unspecified atom stereocenters. The van der Waals surface area contributed by atoms with Crippen molar-refractivity contribution >= 4 is 0 Å². The second-order valence-electron chi connectivity index (χ2n) is 6.07. The quantitative estimate of drug-likeness (QED) is 0.921. The highest BCUT2D eigenvalue weighted by Crippen LogP contribution is 2.39. The number of rotatable bonds is 3. The van der Waals surface area contributed by atoms with Gasteiger partial charge in [-0.05, 0) is 32.2 Å². The van der Waals surface area contributed by atoms with Gasteiger partial charge in [0, 0.05) is 7.11 Å². The molecule has 2 aliphatic rings. The van der Waals surface area contributed by atoms with E-state index in [9.17, 15) is 0 Å². The van der Waals surface area contributed by atoms with E-state index in [0.717, 1.165) is 37.5 Å². The third kappa shape index (κ3) is 2.74. The van der Waals surface area contributed by atoms with Gasteiger partial charge in [0.2, 0.25) is 11.7 Å². The van der Waals surface area contributed by atoms with E-state index in [4.69, 9.17) is 9.26 Å². The van der Waals surface area contributed by atoms with E-state index >= 15 is 0 Å². The second kappa shape index (κ2) is 6.22. The fourth-order valence-corrected chi connectivity index (χ4v) is 3.44. The topological polar surface area (TPSA) is 60.2 Å². The highest BCUT2D eigenvalue weighted by molar-refractivity contribution is 5.05. The van der Waals surface area contributed by atoms with Crippen LogP contribution >= 0.6 is 0 Å². The molecule has 1 aliphatic carbocycles. The van der Waals surface area contributed by atoms with Crippen molar-refractivity contribution in [3.05, 3.63) is 11.7 Å². The summed E-state index contributed by atoms with van der Waals surface area (Å²) in [7, 11) is 1.77. The van der Waals surface area contributed by atoms with Crippen LogP contribution in [-0.4, -0.2) is 23.8 Å². The van der Waals surface area contributed by atoms with Gasteiger partial charge in [0.15, 0.2) is 0 Å². The summed E-state index contributed by atoms with van der Waals surface area (Å²) < 4.78 is 11.3. The van der Waals surface area contributed by atoms with Gasteiger partial charge in [-0.15, -0.1) is 0 Å². The van der Waals surface area contributed by atoms with Gasteiger partial charge in [0.05, 0.1) is 6.04 Å². The van der Waals surface area contributed by atoms with Crippen molar-refractivity contribution in [3.63, 3.8) is 0 Å². The summed E-state index contributed by atoms with van der Waals surface area (Å²) >= 11 is 0. The van der Waals surface area contributed by atoms with E-state index in [-0.39, 0.29) is 11.6 Å². The SMILES string of the molecule is COC1(c2noc(C3CCCCCN3)n2)CCCCC1. The highest BCUT2D eigenvalue weighted by Gasteiger charge is 2.39. The maximum Gasteiger partial charge on any atom is 0.243 e. The van der Waals surface area contributed by atoms with Crippen LogP contribution in [0.4, 0.5) is 0 Å². The van der Waals surface area contributed by atoms with E-state index in [1.807, 2.05) is 0 Å². The lowest BCUT2D eigenvalue weighted by molar-refractivity contribution is -0.0527. The summed E-state index contributed by atoms with van der Waals surface area (Å²) in [5, 5.41) is 7.75. The lowest BCUT2D eigenvalue weighted by atomic mass is 9.84. The molecule has 1 aromatic heterocycles. The first-order valence-electron chi connectivity index (χ1n) is 7.97. The first-order valence-corrected chi connectivity index (χ1v) is 7.97. The summed E-state index contributed by atoms with van der Waals surface area (Å²) in [5.41, 5.74) is -0.315. The molecule has 5 heteroatoms. The molecule has 20 heavy (non-hydrogen) atoms. The first kappa shape index (κ1) is 14.0. The van der Waals surface area contributed by atoms with Gasteiger partial charge >= 0.3 is 0 Å². The molecule has 0 aromatic carbocycles. The molecule has 1 aliphatic heterocycles. The molecular formula is C15H25N3O2. The van der Waals surface area contributed by atoms with E-state index in [0.29, 0.717) is 0 Å². The molecule has 3 rings (SSSR count). The summed E-state index contributed by atoms with van der Waals surface area (Å²) in [5.74, 6) is 1.49. The van der Waals surface area contributed by atoms with Crippen LogP contribution in [0.1, 0.15) is 75.5 Å². The summed E-state index contributed by atoms with van der Waals surface area (Å²) in [6, 6.07) is 0.219. The predicted octanol–water partition coefficient (Wildman–Crippen LogP) is 3.08. The molecule has 2 fully saturated rings. The summed E-state index contributed by atoms with van der Waals surface area (Å²) in [4.78, 5) is 4.68. The molecule has 5 nitrogen and oxygen atoms in total. The minimum Gasteiger partial charge on any atom is -0.370 e. The highest BCUT2D eigenvalue weighted by atomic mass is 16.5. The Morgan fingerprint density at radius 2 is 1.95 bits per heavy atom. The van der Waals surface area contributed by atoms with Crippen molar-refractivity contribution in [2.24, 2.45) is 0 Å². The largest absolute Gasteiger partial charge is 0.370 e. The van der Waals surface area contributed by atoms with Crippen LogP contribution in [0.15, 0.2) is 4.52 Å². The Morgan fingerprint density at radius 1 is 1.15 bits per heavy atom. The Labute approximate surface area is 120 Å². The van der Waals surface area contributed by atoms with Crippen molar-refractivity contribution in [2.75, 3.05) is 13.7 Å². The minimum absolute atomic E-state index is 0.219.